The number of ether oxygens (including phenoxy) is 1. The fraction of sp³-hybridized carbons (Fsp3) is 0.538. The third-order valence-electron chi connectivity index (χ3n) is 3.13. The fourth-order valence-electron chi connectivity index (χ4n) is 1.84. The van der Waals surface area contributed by atoms with Gasteiger partial charge in [0.1, 0.15) is 11.6 Å². The van der Waals surface area contributed by atoms with Crippen LogP contribution in [0.15, 0.2) is 18.2 Å². The Labute approximate surface area is 101 Å². The van der Waals surface area contributed by atoms with Crippen molar-refractivity contribution in [2.45, 2.75) is 25.8 Å². The van der Waals surface area contributed by atoms with E-state index in [1.165, 1.54) is 38.5 Å². The van der Waals surface area contributed by atoms with E-state index in [0.717, 1.165) is 17.9 Å². The molecule has 0 radical (unpaired) electrons. The molecule has 17 heavy (non-hydrogen) atoms. The van der Waals surface area contributed by atoms with Crippen LogP contribution in [0.1, 0.15) is 24.8 Å². The number of hydroxylamine groups is 1. The van der Waals surface area contributed by atoms with Gasteiger partial charge in [-0.1, -0.05) is 6.42 Å². The van der Waals surface area contributed by atoms with E-state index < -0.39 is 0 Å². The van der Waals surface area contributed by atoms with Gasteiger partial charge in [0.25, 0.3) is 0 Å². The van der Waals surface area contributed by atoms with Crippen molar-refractivity contribution in [2.75, 3.05) is 13.7 Å². The monoisotopic (exact) mass is 239 g/mol. The van der Waals surface area contributed by atoms with Gasteiger partial charge in [-0.3, -0.25) is 0 Å². The molecule has 1 aromatic carbocycles. The van der Waals surface area contributed by atoms with Gasteiger partial charge in [-0.2, -0.15) is 5.48 Å². The number of nitrogens with one attached hydrogen (secondary N) is 1. The minimum absolute atomic E-state index is 0.256. The molecule has 0 spiro atoms. The first-order chi connectivity index (χ1) is 8.29. The Morgan fingerprint density at radius 3 is 2.88 bits per heavy atom. The summed E-state index contributed by atoms with van der Waals surface area (Å²) in [5, 5.41) is 0. The van der Waals surface area contributed by atoms with Gasteiger partial charge in [0.05, 0.1) is 13.7 Å². The van der Waals surface area contributed by atoms with Crippen LogP contribution in [-0.4, -0.2) is 13.7 Å². The summed E-state index contributed by atoms with van der Waals surface area (Å²) >= 11 is 0. The normalized spacial score (nSPS) is 15.6. The van der Waals surface area contributed by atoms with Crippen molar-refractivity contribution in [3.63, 3.8) is 0 Å². The average Bonchev–Trinajstić information content (AvgIpc) is 2.26. The van der Waals surface area contributed by atoms with E-state index in [4.69, 9.17) is 9.57 Å². The summed E-state index contributed by atoms with van der Waals surface area (Å²) < 4.78 is 18.9. The number of hydrogen-bond acceptors (Lipinski definition) is 3. The van der Waals surface area contributed by atoms with Gasteiger partial charge in [-0.15, -0.1) is 0 Å². The first-order valence-electron chi connectivity index (χ1n) is 5.96. The van der Waals surface area contributed by atoms with Crippen LogP contribution in [0.25, 0.3) is 0 Å². The minimum Gasteiger partial charge on any atom is -0.493 e. The quantitative estimate of drug-likeness (QED) is 0.774. The maximum atomic E-state index is 13.1. The number of hydrogen-bond donors (Lipinski definition) is 1. The molecule has 94 valence electrons. The van der Waals surface area contributed by atoms with E-state index in [2.05, 4.69) is 5.48 Å². The molecule has 3 nitrogen and oxygen atoms in total. The van der Waals surface area contributed by atoms with Gasteiger partial charge in [-0.25, -0.2) is 4.39 Å². The van der Waals surface area contributed by atoms with Crippen molar-refractivity contribution in [1.82, 2.24) is 5.48 Å². The highest BCUT2D eigenvalue weighted by Gasteiger charge is 2.18. The lowest BCUT2D eigenvalue weighted by atomic mass is 9.86. The molecule has 0 atom stereocenters. The van der Waals surface area contributed by atoms with Crippen molar-refractivity contribution < 1.29 is 14.0 Å². The molecule has 0 unspecified atom stereocenters. The number of benzene rings is 1. The number of rotatable bonds is 6. The average molecular weight is 239 g/mol. The highest BCUT2D eigenvalue weighted by Crippen LogP contribution is 2.28. The Bertz CT molecular complexity index is 366. The van der Waals surface area contributed by atoms with Crippen molar-refractivity contribution in [2.24, 2.45) is 5.92 Å². The number of halogens is 1. The Hall–Kier alpha value is -1.13. The van der Waals surface area contributed by atoms with Crippen LogP contribution in [0.4, 0.5) is 4.39 Å². The van der Waals surface area contributed by atoms with E-state index in [1.807, 2.05) is 0 Å². The Morgan fingerprint density at radius 1 is 1.41 bits per heavy atom. The lowest BCUT2D eigenvalue weighted by Crippen LogP contribution is -2.20. The third kappa shape index (κ3) is 3.41. The van der Waals surface area contributed by atoms with Gasteiger partial charge in [0.15, 0.2) is 0 Å². The molecule has 1 fully saturated rings. The largest absolute Gasteiger partial charge is 0.493 e. The molecule has 4 heteroatoms. The van der Waals surface area contributed by atoms with Gasteiger partial charge in [0.2, 0.25) is 0 Å². The van der Waals surface area contributed by atoms with E-state index in [1.54, 1.807) is 6.07 Å². The van der Waals surface area contributed by atoms with Crippen molar-refractivity contribution >= 4 is 0 Å². The second kappa shape index (κ2) is 5.98. The molecule has 1 aliphatic carbocycles. The first-order valence-corrected chi connectivity index (χ1v) is 5.96. The molecule has 1 aromatic rings. The highest BCUT2D eigenvalue weighted by atomic mass is 19.1. The summed E-state index contributed by atoms with van der Waals surface area (Å²) in [4.78, 5) is 4.77. The van der Waals surface area contributed by atoms with E-state index >= 15 is 0 Å². The van der Waals surface area contributed by atoms with Gasteiger partial charge >= 0.3 is 0 Å². The molecule has 0 bridgehead atoms. The highest BCUT2D eigenvalue weighted by molar-refractivity contribution is 5.33. The lowest BCUT2D eigenvalue weighted by molar-refractivity contribution is 0.0854. The fourth-order valence-corrected chi connectivity index (χ4v) is 1.84. The van der Waals surface area contributed by atoms with Crippen LogP contribution < -0.4 is 10.2 Å². The molecule has 0 amide bonds. The molecular weight excluding hydrogens is 221 g/mol. The molecule has 0 aliphatic heterocycles. The maximum Gasteiger partial charge on any atom is 0.124 e. The predicted molar refractivity (Wildman–Crippen MR) is 63.1 cm³/mol. The Balaban J connectivity index is 1.97. The molecular formula is C13H18FNO2. The van der Waals surface area contributed by atoms with Gasteiger partial charge in [-0.05, 0) is 37.0 Å². The molecule has 1 aliphatic rings. The van der Waals surface area contributed by atoms with Gasteiger partial charge in [0, 0.05) is 12.1 Å². The lowest BCUT2D eigenvalue weighted by Gasteiger charge is -2.25. The third-order valence-corrected chi connectivity index (χ3v) is 3.13. The standard InChI is InChI=1S/C13H18FNO2/c1-16-15-8-11-7-12(14)5-6-13(11)17-9-10-3-2-4-10/h5-7,10,15H,2-4,8-9H2,1H3. The minimum atomic E-state index is -0.256. The van der Waals surface area contributed by atoms with E-state index in [-0.39, 0.29) is 5.82 Å². The Morgan fingerprint density at radius 2 is 2.24 bits per heavy atom. The van der Waals surface area contributed by atoms with Crippen LogP contribution >= 0.6 is 0 Å². The summed E-state index contributed by atoms with van der Waals surface area (Å²) in [6.07, 6.45) is 3.79. The summed E-state index contributed by atoms with van der Waals surface area (Å²) in [6.45, 7) is 1.17. The molecule has 1 saturated carbocycles. The zero-order chi connectivity index (χ0) is 12.1. The Kier molecular flexibility index (Phi) is 4.34. The summed E-state index contributed by atoms with van der Waals surface area (Å²) in [5.74, 6) is 1.15. The van der Waals surface area contributed by atoms with E-state index in [9.17, 15) is 4.39 Å². The van der Waals surface area contributed by atoms with Crippen molar-refractivity contribution in [3.8, 4) is 5.75 Å². The zero-order valence-electron chi connectivity index (χ0n) is 10.0. The topological polar surface area (TPSA) is 30.5 Å². The van der Waals surface area contributed by atoms with Gasteiger partial charge < -0.3 is 9.57 Å². The predicted octanol–water partition coefficient (Wildman–Crippen LogP) is 2.66. The second-order valence-electron chi connectivity index (χ2n) is 4.39. The van der Waals surface area contributed by atoms with Crippen molar-refractivity contribution in [3.05, 3.63) is 29.6 Å². The SMILES string of the molecule is CONCc1cc(F)ccc1OCC1CCC1. The van der Waals surface area contributed by atoms with Crippen molar-refractivity contribution in [1.29, 1.82) is 0 Å². The smallest absolute Gasteiger partial charge is 0.124 e. The molecule has 1 N–H and O–H groups in total. The molecule has 0 heterocycles. The van der Waals surface area contributed by atoms with Crippen LogP contribution in [-0.2, 0) is 11.4 Å². The summed E-state index contributed by atoms with van der Waals surface area (Å²) in [6, 6.07) is 4.58. The van der Waals surface area contributed by atoms with Crippen LogP contribution in [0.2, 0.25) is 0 Å². The van der Waals surface area contributed by atoms with E-state index in [0.29, 0.717) is 12.5 Å². The second-order valence-corrected chi connectivity index (χ2v) is 4.39. The molecule has 0 saturated heterocycles. The van der Waals surface area contributed by atoms with Crippen LogP contribution in [0, 0.1) is 11.7 Å². The maximum absolute atomic E-state index is 13.1. The van der Waals surface area contributed by atoms with Crippen LogP contribution in [0.3, 0.4) is 0 Å². The summed E-state index contributed by atoms with van der Waals surface area (Å²) in [7, 11) is 1.54. The molecule has 0 aromatic heterocycles. The van der Waals surface area contributed by atoms with Crippen LogP contribution in [0.5, 0.6) is 5.75 Å². The molecule has 2 rings (SSSR count). The summed E-state index contributed by atoms with van der Waals surface area (Å²) in [5.41, 5.74) is 3.48. The first kappa shape index (κ1) is 12.3. The zero-order valence-corrected chi connectivity index (χ0v) is 10.0.